The van der Waals surface area contributed by atoms with Crippen molar-refractivity contribution in [1.82, 2.24) is 4.90 Å². The molecule has 1 saturated carbocycles. The van der Waals surface area contributed by atoms with Gasteiger partial charge in [0.2, 0.25) is 0 Å². The summed E-state index contributed by atoms with van der Waals surface area (Å²) in [5.74, 6) is 0.547. The number of amides is 1. The Hall–Kier alpha value is -2.04. The number of carboxylic acids is 1. The van der Waals surface area contributed by atoms with Crippen molar-refractivity contribution in [2.75, 3.05) is 13.2 Å². The summed E-state index contributed by atoms with van der Waals surface area (Å²) in [7, 11) is 0. The highest BCUT2D eigenvalue weighted by molar-refractivity contribution is 5.97. The first-order valence-electron chi connectivity index (χ1n) is 8.74. The number of carbonyl (C=O) groups is 2. The van der Waals surface area contributed by atoms with Gasteiger partial charge < -0.3 is 14.7 Å². The SMILES string of the molecule is CC(C)COc1ccc(C(=O)N2CC3CCCC3C2C(=O)O)cc1. The van der Waals surface area contributed by atoms with Crippen LogP contribution in [0.5, 0.6) is 5.75 Å². The van der Waals surface area contributed by atoms with Gasteiger partial charge in [-0.1, -0.05) is 20.3 Å². The molecule has 0 bridgehead atoms. The maximum atomic E-state index is 12.8. The number of nitrogens with zero attached hydrogens (tertiary/aromatic N) is 1. The highest BCUT2D eigenvalue weighted by Crippen LogP contribution is 2.42. The smallest absolute Gasteiger partial charge is 0.326 e. The van der Waals surface area contributed by atoms with E-state index in [1.165, 1.54) is 0 Å². The fourth-order valence-electron chi connectivity index (χ4n) is 3.95. The molecule has 0 radical (unpaired) electrons. The van der Waals surface area contributed by atoms with Crippen molar-refractivity contribution < 1.29 is 19.4 Å². The van der Waals surface area contributed by atoms with Crippen LogP contribution < -0.4 is 4.74 Å². The Labute approximate surface area is 142 Å². The van der Waals surface area contributed by atoms with E-state index in [0.717, 1.165) is 25.0 Å². The molecule has 0 spiro atoms. The summed E-state index contributed by atoms with van der Waals surface area (Å²) in [6.45, 7) is 5.35. The topological polar surface area (TPSA) is 66.8 Å². The zero-order valence-electron chi connectivity index (χ0n) is 14.3. The van der Waals surface area contributed by atoms with Crippen LogP contribution in [0, 0.1) is 17.8 Å². The Morgan fingerprint density at radius 2 is 1.96 bits per heavy atom. The van der Waals surface area contributed by atoms with Crippen LogP contribution in [0.2, 0.25) is 0 Å². The van der Waals surface area contributed by atoms with Crippen LogP contribution in [-0.4, -0.2) is 41.1 Å². The maximum absolute atomic E-state index is 12.8. The minimum Gasteiger partial charge on any atom is -0.493 e. The maximum Gasteiger partial charge on any atom is 0.326 e. The Kier molecular flexibility index (Phi) is 4.78. The minimum atomic E-state index is -0.880. The van der Waals surface area contributed by atoms with Gasteiger partial charge in [-0.15, -0.1) is 0 Å². The Bertz CT molecular complexity index is 610. The minimum absolute atomic E-state index is 0.111. The van der Waals surface area contributed by atoms with Crippen LogP contribution in [-0.2, 0) is 4.79 Å². The fraction of sp³-hybridized carbons (Fsp3) is 0.579. The van der Waals surface area contributed by atoms with Crippen LogP contribution in [0.25, 0.3) is 0 Å². The second-order valence-electron chi connectivity index (χ2n) is 7.32. The number of rotatable bonds is 5. The van der Waals surface area contributed by atoms with Crippen LogP contribution in [0.15, 0.2) is 24.3 Å². The third-order valence-electron chi connectivity index (χ3n) is 5.09. The molecule has 2 aliphatic rings. The van der Waals surface area contributed by atoms with Crippen LogP contribution in [0.3, 0.4) is 0 Å². The van der Waals surface area contributed by atoms with E-state index in [-0.39, 0.29) is 11.8 Å². The molecule has 3 atom stereocenters. The van der Waals surface area contributed by atoms with E-state index in [9.17, 15) is 14.7 Å². The molecule has 130 valence electrons. The summed E-state index contributed by atoms with van der Waals surface area (Å²) in [6, 6.07) is 6.34. The number of ether oxygens (including phenoxy) is 1. The van der Waals surface area contributed by atoms with Gasteiger partial charge in [0, 0.05) is 12.1 Å². The van der Waals surface area contributed by atoms with Gasteiger partial charge in [-0.05, 0) is 54.9 Å². The lowest BCUT2D eigenvalue weighted by Gasteiger charge is -2.24. The Balaban J connectivity index is 1.72. The summed E-state index contributed by atoms with van der Waals surface area (Å²) in [5.41, 5.74) is 0.526. The Morgan fingerprint density at radius 3 is 2.58 bits per heavy atom. The third kappa shape index (κ3) is 3.25. The molecule has 1 saturated heterocycles. The van der Waals surface area contributed by atoms with E-state index in [1.807, 2.05) is 0 Å². The molecule has 0 aromatic heterocycles. The molecule has 1 aliphatic carbocycles. The number of hydrogen-bond acceptors (Lipinski definition) is 3. The average molecular weight is 331 g/mol. The van der Waals surface area contributed by atoms with Crippen LogP contribution >= 0.6 is 0 Å². The molecule has 1 N–H and O–H groups in total. The first-order chi connectivity index (χ1) is 11.5. The molecule has 1 aromatic carbocycles. The number of benzene rings is 1. The summed E-state index contributed by atoms with van der Waals surface area (Å²) in [6.07, 6.45) is 3.01. The molecule has 24 heavy (non-hydrogen) atoms. The largest absolute Gasteiger partial charge is 0.493 e. The van der Waals surface area contributed by atoms with Crippen molar-refractivity contribution in [2.24, 2.45) is 17.8 Å². The zero-order chi connectivity index (χ0) is 17.3. The number of aliphatic carboxylic acids is 1. The number of hydrogen-bond donors (Lipinski definition) is 1. The zero-order valence-corrected chi connectivity index (χ0v) is 14.3. The molecule has 2 fully saturated rings. The molecule has 5 heteroatoms. The highest BCUT2D eigenvalue weighted by atomic mass is 16.5. The van der Waals surface area contributed by atoms with Crippen molar-refractivity contribution in [2.45, 2.75) is 39.2 Å². The molecule has 3 rings (SSSR count). The first-order valence-corrected chi connectivity index (χ1v) is 8.74. The number of fused-ring (bicyclic) bond motifs is 1. The molecule has 1 heterocycles. The second kappa shape index (κ2) is 6.83. The Morgan fingerprint density at radius 1 is 1.25 bits per heavy atom. The van der Waals surface area contributed by atoms with Crippen molar-refractivity contribution in [3.8, 4) is 5.75 Å². The van der Waals surface area contributed by atoms with Gasteiger partial charge in [0.05, 0.1) is 6.61 Å². The van der Waals surface area contributed by atoms with Crippen molar-refractivity contribution in [3.63, 3.8) is 0 Å². The molecule has 1 amide bonds. The normalized spacial score (nSPS) is 25.8. The van der Waals surface area contributed by atoms with Gasteiger partial charge >= 0.3 is 5.97 Å². The number of carboxylic acid groups (broad SMARTS) is 1. The van der Waals surface area contributed by atoms with E-state index < -0.39 is 12.0 Å². The molecule has 1 aromatic rings. The molecule has 3 unspecified atom stereocenters. The van der Waals surface area contributed by atoms with Gasteiger partial charge in [-0.25, -0.2) is 4.79 Å². The van der Waals surface area contributed by atoms with E-state index >= 15 is 0 Å². The van der Waals surface area contributed by atoms with Gasteiger partial charge in [-0.3, -0.25) is 4.79 Å². The molecular formula is C19H25NO4. The molecule has 5 nitrogen and oxygen atoms in total. The predicted molar refractivity (Wildman–Crippen MR) is 90.1 cm³/mol. The summed E-state index contributed by atoms with van der Waals surface area (Å²) in [4.78, 5) is 26.0. The third-order valence-corrected chi connectivity index (χ3v) is 5.09. The van der Waals surface area contributed by atoms with Crippen LogP contribution in [0.1, 0.15) is 43.5 Å². The van der Waals surface area contributed by atoms with Gasteiger partial charge in [0.15, 0.2) is 0 Å². The van der Waals surface area contributed by atoms with Crippen molar-refractivity contribution >= 4 is 11.9 Å². The lowest BCUT2D eigenvalue weighted by molar-refractivity contribution is -0.142. The van der Waals surface area contributed by atoms with Crippen molar-refractivity contribution in [1.29, 1.82) is 0 Å². The molecule has 1 aliphatic heterocycles. The van der Waals surface area contributed by atoms with Crippen LogP contribution in [0.4, 0.5) is 0 Å². The van der Waals surface area contributed by atoms with E-state index in [0.29, 0.717) is 30.6 Å². The average Bonchev–Trinajstić information content (AvgIpc) is 3.12. The first kappa shape index (κ1) is 16.8. The standard InChI is InChI=1S/C19H25NO4/c1-12(2)11-24-15-8-6-13(7-9-15)18(21)20-10-14-4-3-5-16(14)17(20)19(22)23/h6-9,12,14,16-17H,3-5,10-11H2,1-2H3,(H,22,23). The van der Waals surface area contributed by atoms with Crippen molar-refractivity contribution in [3.05, 3.63) is 29.8 Å². The monoisotopic (exact) mass is 331 g/mol. The van der Waals surface area contributed by atoms with Gasteiger partial charge in [0.25, 0.3) is 5.91 Å². The quantitative estimate of drug-likeness (QED) is 0.900. The van der Waals surface area contributed by atoms with E-state index in [2.05, 4.69) is 13.8 Å². The second-order valence-corrected chi connectivity index (χ2v) is 7.32. The summed E-state index contributed by atoms with van der Waals surface area (Å²) < 4.78 is 5.63. The van der Waals surface area contributed by atoms with E-state index in [4.69, 9.17) is 4.74 Å². The summed E-state index contributed by atoms with van der Waals surface area (Å²) in [5, 5.41) is 9.58. The number of likely N-dealkylation sites (tertiary alicyclic amines) is 1. The summed E-state index contributed by atoms with van der Waals surface area (Å²) >= 11 is 0. The van der Waals surface area contributed by atoms with Gasteiger partial charge in [-0.2, -0.15) is 0 Å². The van der Waals surface area contributed by atoms with E-state index in [1.54, 1.807) is 29.2 Å². The predicted octanol–water partition coefficient (Wildman–Crippen LogP) is 3.05. The molecular weight excluding hydrogens is 306 g/mol. The lowest BCUT2D eigenvalue weighted by atomic mass is 9.94. The fourth-order valence-corrected chi connectivity index (χ4v) is 3.95. The highest BCUT2D eigenvalue weighted by Gasteiger charge is 2.49. The lowest BCUT2D eigenvalue weighted by Crippen LogP contribution is -2.43. The van der Waals surface area contributed by atoms with Gasteiger partial charge in [0.1, 0.15) is 11.8 Å². The number of carbonyl (C=O) groups excluding carboxylic acids is 1.